The highest BCUT2D eigenvalue weighted by atomic mass is 17.1. The molecule has 3 aliphatic rings. The molecule has 0 spiro atoms. The molecule has 2 N–H and O–H groups in total. The molecule has 1 saturated heterocycles. The summed E-state index contributed by atoms with van der Waals surface area (Å²) in [5, 5.41) is 19.7. The van der Waals surface area contributed by atoms with Crippen molar-refractivity contribution >= 4 is 5.97 Å². The fraction of sp³-hybridized carbons (Fsp3) is 0.667. The van der Waals surface area contributed by atoms with Gasteiger partial charge in [-0.1, -0.05) is 19.6 Å². The van der Waals surface area contributed by atoms with Gasteiger partial charge in [0.25, 0.3) is 0 Å². The van der Waals surface area contributed by atoms with Gasteiger partial charge in [-0.15, -0.1) is 0 Å². The fourth-order valence-corrected chi connectivity index (χ4v) is 3.76. The van der Waals surface area contributed by atoms with Crippen molar-refractivity contribution in [3.8, 4) is 0 Å². The normalized spacial score (nSPS) is 44.2. The van der Waals surface area contributed by atoms with E-state index in [0.29, 0.717) is 31.3 Å². The molecular formula is C15H20O5. The Morgan fingerprint density at radius 3 is 3.00 bits per heavy atom. The van der Waals surface area contributed by atoms with Gasteiger partial charge in [-0.2, -0.15) is 0 Å². The number of fused-ring (bicyclic) bond motifs is 3. The summed E-state index contributed by atoms with van der Waals surface area (Å²) in [4.78, 5) is 16.3. The molecule has 0 unspecified atom stereocenters. The quantitative estimate of drug-likeness (QED) is 0.252. The Hall–Kier alpha value is -1.17. The Labute approximate surface area is 117 Å². The average molecular weight is 280 g/mol. The first-order valence-electron chi connectivity index (χ1n) is 7.03. The number of allylic oxidation sites excluding steroid dienone is 1. The number of esters is 1. The molecule has 5 nitrogen and oxygen atoms in total. The van der Waals surface area contributed by atoms with Gasteiger partial charge in [-0.25, -0.2) is 9.68 Å². The van der Waals surface area contributed by atoms with Crippen LogP contribution in [0.1, 0.15) is 32.6 Å². The summed E-state index contributed by atoms with van der Waals surface area (Å²) in [5.41, 5.74) is 1.05. The highest BCUT2D eigenvalue weighted by Gasteiger charge is 2.51. The SMILES string of the molecule is C=C1C(=O)O[C@@H]2[C@@H](O)[C@]3(C)CC[C@@H](OO)C(=CC[C@@H]12)C3. The largest absolute Gasteiger partial charge is 0.456 e. The Morgan fingerprint density at radius 2 is 2.30 bits per heavy atom. The van der Waals surface area contributed by atoms with Gasteiger partial charge in [0.05, 0.1) is 6.10 Å². The lowest BCUT2D eigenvalue weighted by Gasteiger charge is -2.45. The van der Waals surface area contributed by atoms with Crippen LogP contribution in [0.3, 0.4) is 0 Å². The smallest absolute Gasteiger partial charge is 0.334 e. The first-order chi connectivity index (χ1) is 9.46. The summed E-state index contributed by atoms with van der Waals surface area (Å²) < 4.78 is 5.34. The second-order valence-corrected chi connectivity index (χ2v) is 6.42. The van der Waals surface area contributed by atoms with Crippen LogP contribution < -0.4 is 0 Å². The predicted molar refractivity (Wildman–Crippen MR) is 70.7 cm³/mol. The van der Waals surface area contributed by atoms with Gasteiger partial charge in [0, 0.05) is 16.9 Å². The highest BCUT2D eigenvalue weighted by molar-refractivity contribution is 5.91. The Morgan fingerprint density at radius 1 is 1.55 bits per heavy atom. The Balaban J connectivity index is 1.99. The molecule has 2 aliphatic carbocycles. The molecule has 1 saturated carbocycles. The van der Waals surface area contributed by atoms with Gasteiger partial charge in [-0.05, 0) is 31.3 Å². The maximum atomic E-state index is 11.7. The Kier molecular flexibility index (Phi) is 3.23. The van der Waals surface area contributed by atoms with E-state index in [4.69, 9.17) is 9.99 Å². The van der Waals surface area contributed by atoms with Crippen molar-refractivity contribution in [2.75, 3.05) is 0 Å². The van der Waals surface area contributed by atoms with E-state index in [0.717, 1.165) is 5.57 Å². The number of aliphatic hydroxyl groups excluding tert-OH is 1. The zero-order valence-electron chi connectivity index (χ0n) is 11.5. The van der Waals surface area contributed by atoms with E-state index in [-0.39, 0.29) is 17.4 Å². The summed E-state index contributed by atoms with van der Waals surface area (Å²) >= 11 is 0. The number of ether oxygens (including phenoxy) is 1. The van der Waals surface area contributed by atoms with Crippen LogP contribution in [0.15, 0.2) is 23.8 Å². The fourth-order valence-electron chi connectivity index (χ4n) is 3.76. The standard InChI is InChI=1S/C15H20O5/c1-8-10-4-3-9-7-15(2,6-5-11(9)20-18)13(16)12(10)19-14(8)17/h3,10-13,16,18H,1,4-7H2,2H3/t10-,11+,12-,13+,15+/m0/s1. The van der Waals surface area contributed by atoms with Crippen molar-refractivity contribution in [1.29, 1.82) is 0 Å². The van der Waals surface area contributed by atoms with Crippen molar-refractivity contribution in [1.82, 2.24) is 0 Å². The monoisotopic (exact) mass is 280 g/mol. The second kappa shape index (κ2) is 4.69. The van der Waals surface area contributed by atoms with Crippen LogP contribution >= 0.6 is 0 Å². The maximum absolute atomic E-state index is 11.7. The molecule has 5 heteroatoms. The molecule has 2 bridgehead atoms. The van der Waals surface area contributed by atoms with Crippen LogP contribution in [0.25, 0.3) is 0 Å². The molecule has 0 aromatic carbocycles. The third-order valence-corrected chi connectivity index (χ3v) is 5.14. The number of carbonyl (C=O) groups is 1. The van der Waals surface area contributed by atoms with E-state index in [1.54, 1.807) is 0 Å². The minimum Gasteiger partial charge on any atom is -0.456 e. The predicted octanol–water partition coefficient (Wildman–Crippen LogP) is 1.82. The molecule has 1 heterocycles. The zero-order chi connectivity index (χ0) is 14.5. The van der Waals surface area contributed by atoms with Gasteiger partial charge < -0.3 is 9.84 Å². The molecular weight excluding hydrogens is 260 g/mol. The molecule has 0 amide bonds. The highest BCUT2D eigenvalue weighted by Crippen LogP contribution is 2.49. The summed E-state index contributed by atoms with van der Waals surface area (Å²) in [5.74, 6) is -0.600. The summed E-state index contributed by atoms with van der Waals surface area (Å²) in [7, 11) is 0. The topological polar surface area (TPSA) is 76.0 Å². The van der Waals surface area contributed by atoms with Crippen LogP contribution in [-0.2, 0) is 14.4 Å². The molecule has 3 rings (SSSR count). The molecule has 5 atom stereocenters. The second-order valence-electron chi connectivity index (χ2n) is 6.42. The van der Waals surface area contributed by atoms with E-state index < -0.39 is 18.2 Å². The number of carbonyl (C=O) groups excluding carboxylic acids is 1. The first-order valence-corrected chi connectivity index (χ1v) is 7.03. The Bertz CT molecular complexity index is 483. The molecule has 0 aromatic heterocycles. The van der Waals surface area contributed by atoms with E-state index in [1.807, 2.05) is 13.0 Å². The molecule has 1 aliphatic heterocycles. The summed E-state index contributed by atoms with van der Waals surface area (Å²) in [6, 6.07) is 0. The average Bonchev–Trinajstić information content (AvgIpc) is 2.71. The first kappa shape index (κ1) is 13.8. The van der Waals surface area contributed by atoms with Gasteiger partial charge in [-0.3, -0.25) is 5.26 Å². The third-order valence-electron chi connectivity index (χ3n) is 5.14. The van der Waals surface area contributed by atoms with E-state index >= 15 is 0 Å². The minimum absolute atomic E-state index is 0.190. The lowest BCUT2D eigenvalue weighted by molar-refractivity contribution is -0.276. The molecule has 0 radical (unpaired) electrons. The van der Waals surface area contributed by atoms with E-state index in [9.17, 15) is 9.90 Å². The van der Waals surface area contributed by atoms with Gasteiger partial charge in [0.2, 0.25) is 0 Å². The lowest BCUT2D eigenvalue weighted by atomic mass is 9.64. The maximum Gasteiger partial charge on any atom is 0.334 e. The van der Waals surface area contributed by atoms with Crippen LogP contribution in [-0.4, -0.2) is 34.6 Å². The van der Waals surface area contributed by atoms with Gasteiger partial charge in [0.15, 0.2) is 0 Å². The van der Waals surface area contributed by atoms with E-state index in [2.05, 4.69) is 11.5 Å². The summed E-state index contributed by atoms with van der Waals surface area (Å²) in [6.07, 6.45) is 3.06. The molecule has 0 aromatic rings. The molecule has 110 valence electrons. The zero-order valence-corrected chi connectivity index (χ0v) is 11.5. The number of aliphatic hydroxyl groups is 1. The van der Waals surface area contributed by atoms with Crippen molar-refractivity contribution in [3.63, 3.8) is 0 Å². The summed E-state index contributed by atoms with van der Waals surface area (Å²) in [6.45, 7) is 5.78. The van der Waals surface area contributed by atoms with Gasteiger partial charge >= 0.3 is 5.97 Å². The van der Waals surface area contributed by atoms with Crippen LogP contribution in [0.4, 0.5) is 0 Å². The molecule has 2 fully saturated rings. The van der Waals surface area contributed by atoms with Crippen LogP contribution in [0.5, 0.6) is 0 Å². The van der Waals surface area contributed by atoms with Gasteiger partial charge in [0.1, 0.15) is 12.2 Å². The van der Waals surface area contributed by atoms with Crippen LogP contribution in [0, 0.1) is 11.3 Å². The van der Waals surface area contributed by atoms with Crippen molar-refractivity contribution in [2.45, 2.75) is 50.9 Å². The van der Waals surface area contributed by atoms with Crippen molar-refractivity contribution in [3.05, 3.63) is 23.8 Å². The molecule has 20 heavy (non-hydrogen) atoms. The van der Waals surface area contributed by atoms with Crippen molar-refractivity contribution < 1.29 is 24.8 Å². The lowest BCUT2D eigenvalue weighted by Crippen LogP contribution is -2.48. The van der Waals surface area contributed by atoms with E-state index in [1.165, 1.54) is 0 Å². The number of rotatable bonds is 1. The minimum atomic E-state index is -0.723. The van der Waals surface area contributed by atoms with Crippen LogP contribution in [0.2, 0.25) is 0 Å². The van der Waals surface area contributed by atoms with Crippen molar-refractivity contribution in [2.24, 2.45) is 11.3 Å². The number of hydrogen-bond donors (Lipinski definition) is 2. The third kappa shape index (κ3) is 1.92. The number of hydrogen-bond acceptors (Lipinski definition) is 5.